The number of anilines is 1. The number of amides is 1. The molecule has 1 N–H and O–H groups in total. The van der Waals surface area contributed by atoms with Gasteiger partial charge >= 0.3 is 0 Å². The van der Waals surface area contributed by atoms with Crippen LogP contribution in [0.4, 0.5) is 5.69 Å². The van der Waals surface area contributed by atoms with E-state index in [1.807, 2.05) is 55.5 Å². The van der Waals surface area contributed by atoms with Crippen LogP contribution in [0.5, 0.6) is 5.75 Å². The average Bonchev–Trinajstić information content (AvgIpc) is 3.34. The normalized spacial score (nSPS) is 13.8. The van der Waals surface area contributed by atoms with Gasteiger partial charge in [-0.25, -0.2) is 0 Å². The van der Waals surface area contributed by atoms with Crippen LogP contribution < -0.4 is 10.1 Å². The van der Waals surface area contributed by atoms with Crippen LogP contribution in [-0.4, -0.2) is 12.5 Å². The highest BCUT2D eigenvalue weighted by molar-refractivity contribution is 5.97. The van der Waals surface area contributed by atoms with Crippen molar-refractivity contribution < 1.29 is 9.53 Å². The third kappa shape index (κ3) is 3.24. The maximum atomic E-state index is 12.0. The molecule has 3 heteroatoms. The van der Waals surface area contributed by atoms with Crippen molar-refractivity contribution in [3.63, 3.8) is 0 Å². The van der Waals surface area contributed by atoms with Crippen molar-refractivity contribution in [2.45, 2.75) is 19.8 Å². The number of benzene rings is 2. The molecule has 3 nitrogen and oxygen atoms in total. The molecule has 0 saturated heterocycles. The first-order valence-electron chi connectivity index (χ1n) is 7.41. The minimum absolute atomic E-state index is 0.133. The summed E-state index contributed by atoms with van der Waals surface area (Å²) in [6.45, 7) is 2.63. The molecule has 108 valence electrons. The van der Waals surface area contributed by atoms with Gasteiger partial charge in [-0.05, 0) is 43.5 Å². The Labute approximate surface area is 124 Å². The van der Waals surface area contributed by atoms with Crippen molar-refractivity contribution in [1.82, 2.24) is 0 Å². The van der Waals surface area contributed by atoms with Gasteiger partial charge in [0.1, 0.15) is 5.75 Å². The molecule has 1 aliphatic rings. The molecule has 0 heterocycles. The number of para-hydroxylation sites is 1. The Balaban J connectivity index is 1.85. The van der Waals surface area contributed by atoms with Crippen LogP contribution in [0, 0.1) is 5.92 Å². The number of carbonyl (C=O) groups is 1. The van der Waals surface area contributed by atoms with Crippen LogP contribution in [0.25, 0.3) is 11.1 Å². The van der Waals surface area contributed by atoms with Crippen LogP contribution >= 0.6 is 0 Å². The maximum Gasteiger partial charge on any atom is 0.227 e. The summed E-state index contributed by atoms with van der Waals surface area (Å²) < 4.78 is 5.46. The molecular weight excluding hydrogens is 262 g/mol. The van der Waals surface area contributed by atoms with E-state index in [9.17, 15) is 4.79 Å². The summed E-state index contributed by atoms with van der Waals surface area (Å²) in [4.78, 5) is 12.0. The number of carbonyl (C=O) groups excluding carboxylic acids is 1. The second-order valence-corrected chi connectivity index (χ2v) is 5.27. The topological polar surface area (TPSA) is 38.3 Å². The van der Waals surface area contributed by atoms with Crippen molar-refractivity contribution in [1.29, 1.82) is 0 Å². The standard InChI is InChI=1S/C18H19NO2/c1-2-21-15-11-9-13(10-12-15)16-5-3-4-6-17(16)19-18(20)14-7-8-14/h3-6,9-12,14H,2,7-8H2,1H3,(H,19,20). The van der Waals surface area contributed by atoms with E-state index < -0.39 is 0 Å². The number of nitrogens with one attached hydrogen (secondary N) is 1. The van der Waals surface area contributed by atoms with Gasteiger partial charge in [-0.1, -0.05) is 30.3 Å². The Morgan fingerprint density at radius 1 is 1.14 bits per heavy atom. The Morgan fingerprint density at radius 2 is 1.86 bits per heavy atom. The first-order valence-corrected chi connectivity index (χ1v) is 7.41. The van der Waals surface area contributed by atoms with Gasteiger partial charge < -0.3 is 10.1 Å². The lowest BCUT2D eigenvalue weighted by atomic mass is 10.0. The minimum Gasteiger partial charge on any atom is -0.494 e. The van der Waals surface area contributed by atoms with Crippen molar-refractivity contribution >= 4 is 11.6 Å². The van der Waals surface area contributed by atoms with Crippen LogP contribution in [0.15, 0.2) is 48.5 Å². The van der Waals surface area contributed by atoms with E-state index in [2.05, 4.69) is 5.32 Å². The third-order valence-corrected chi connectivity index (χ3v) is 3.61. The van der Waals surface area contributed by atoms with Gasteiger partial charge in [0.2, 0.25) is 5.91 Å². The zero-order chi connectivity index (χ0) is 14.7. The summed E-state index contributed by atoms with van der Waals surface area (Å²) in [5, 5.41) is 3.04. The fourth-order valence-electron chi connectivity index (χ4n) is 2.32. The van der Waals surface area contributed by atoms with Gasteiger partial charge in [0.05, 0.1) is 6.61 Å². The average molecular weight is 281 g/mol. The summed E-state index contributed by atoms with van der Waals surface area (Å²) in [6, 6.07) is 15.9. The molecule has 0 bridgehead atoms. The highest BCUT2D eigenvalue weighted by Crippen LogP contribution is 2.33. The number of rotatable bonds is 5. The van der Waals surface area contributed by atoms with E-state index in [4.69, 9.17) is 4.74 Å². The van der Waals surface area contributed by atoms with E-state index >= 15 is 0 Å². The van der Waals surface area contributed by atoms with Gasteiger partial charge in [0, 0.05) is 17.2 Å². The van der Waals surface area contributed by atoms with Crippen molar-refractivity contribution in [3.8, 4) is 16.9 Å². The van der Waals surface area contributed by atoms with E-state index in [0.717, 1.165) is 35.4 Å². The Hall–Kier alpha value is -2.29. The molecule has 2 aromatic rings. The van der Waals surface area contributed by atoms with Crippen LogP contribution in [0.2, 0.25) is 0 Å². The van der Waals surface area contributed by atoms with Gasteiger partial charge in [-0.2, -0.15) is 0 Å². The Kier molecular flexibility index (Phi) is 3.91. The smallest absolute Gasteiger partial charge is 0.227 e. The summed E-state index contributed by atoms with van der Waals surface area (Å²) in [5.74, 6) is 1.20. The fourth-order valence-corrected chi connectivity index (χ4v) is 2.32. The summed E-state index contributed by atoms with van der Waals surface area (Å²) >= 11 is 0. The highest BCUT2D eigenvalue weighted by Gasteiger charge is 2.29. The number of ether oxygens (including phenoxy) is 1. The van der Waals surface area contributed by atoms with Crippen LogP contribution in [0.3, 0.4) is 0 Å². The second kappa shape index (κ2) is 6.00. The quantitative estimate of drug-likeness (QED) is 0.896. The van der Waals surface area contributed by atoms with Gasteiger partial charge in [0.15, 0.2) is 0 Å². The molecule has 3 rings (SSSR count). The molecule has 21 heavy (non-hydrogen) atoms. The molecule has 0 atom stereocenters. The molecule has 0 spiro atoms. The predicted molar refractivity (Wildman–Crippen MR) is 84.4 cm³/mol. The lowest BCUT2D eigenvalue weighted by Gasteiger charge is -2.11. The number of hydrogen-bond donors (Lipinski definition) is 1. The van der Waals surface area contributed by atoms with Crippen molar-refractivity contribution in [2.75, 3.05) is 11.9 Å². The van der Waals surface area contributed by atoms with E-state index in [-0.39, 0.29) is 11.8 Å². The first-order chi connectivity index (χ1) is 10.3. The van der Waals surface area contributed by atoms with Crippen molar-refractivity contribution in [3.05, 3.63) is 48.5 Å². The maximum absolute atomic E-state index is 12.0. The predicted octanol–water partition coefficient (Wildman–Crippen LogP) is 4.10. The molecule has 1 aliphatic carbocycles. The molecule has 1 saturated carbocycles. The van der Waals surface area contributed by atoms with E-state index in [1.54, 1.807) is 0 Å². The molecule has 1 amide bonds. The first kappa shape index (κ1) is 13.7. The number of hydrogen-bond acceptors (Lipinski definition) is 2. The van der Waals surface area contributed by atoms with Crippen molar-refractivity contribution in [2.24, 2.45) is 5.92 Å². The SMILES string of the molecule is CCOc1ccc(-c2ccccc2NC(=O)C2CC2)cc1. The molecular formula is C18H19NO2. The Bertz CT molecular complexity index is 630. The Morgan fingerprint density at radius 3 is 2.52 bits per heavy atom. The highest BCUT2D eigenvalue weighted by atomic mass is 16.5. The van der Waals surface area contributed by atoms with E-state index in [0.29, 0.717) is 6.61 Å². The van der Waals surface area contributed by atoms with Crippen LogP contribution in [0.1, 0.15) is 19.8 Å². The molecule has 1 fully saturated rings. The van der Waals surface area contributed by atoms with Gasteiger partial charge in [-0.15, -0.1) is 0 Å². The molecule has 0 unspecified atom stereocenters. The molecule has 2 aromatic carbocycles. The lowest BCUT2D eigenvalue weighted by Crippen LogP contribution is -2.13. The molecule has 0 aromatic heterocycles. The monoisotopic (exact) mass is 281 g/mol. The minimum atomic E-state index is 0.133. The van der Waals surface area contributed by atoms with Gasteiger partial charge in [0.25, 0.3) is 0 Å². The molecule has 0 radical (unpaired) electrons. The second-order valence-electron chi connectivity index (χ2n) is 5.27. The zero-order valence-electron chi connectivity index (χ0n) is 12.1. The fraction of sp³-hybridized carbons (Fsp3) is 0.278. The van der Waals surface area contributed by atoms with E-state index in [1.165, 1.54) is 0 Å². The van der Waals surface area contributed by atoms with Gasteiger partial charge in [-0.3, -0.25) is 4.79 Å². The largest absolute Gasteiger partial charge is 0.494 e. The molecule has 0 aliphatic heterocycles. The summed E-state index contributed by atoms with van der Waals surface area (Å²) in [7, 11) is 0. The third-order valence-electron chi connectivity index (χ3n) is 3.61. The lowest BCUT2D eigenvalue weighted by molar-refractivity contribution is -0.117. The summed E-state index contributed by atoms with van der Waals surface area (Å²) in [6.07, 6.45) is 2.02. The zero-order valence-corrected chi connectivity index (χ0v) is 12.1. The summed E-state index contributed by atoms with van der Waals surface area (Å²) in [5.41, 5.74) is 2.98. The van der Waals surface area contributed by atoms with Crippen LogP contribution in [-0.2, 0) is 4.79 Å².